The van der Waals surface area contributed by atoms with Gasteiger partial charge >= 0.3 is 0 Å². The molecule has 0 aromatic heterocycles. The average molecular weight is 318 g/mol. The van der Waals surface area contributed by atoms with E-state index in [9.17, 15) is 0 Å². The Balaban J connectivity index is 2.04. The van der Waals surface area contributed by atoms with Gasteiger partial charge in [-0.1, -0.05) is 105 Å². The van der Waals surface area contributed by atoms with Crippen molar-refractivity contribution < 1.29 is 0 Å². The lowest BCUT2D eigenvalue weighted by molar-refractivity contribution is 1.13. The summed E-state index contributed by atoms with van der Waals surface area (Å²) in [5, 5.41) is 2.73. The fraction of sp³-hybridized carbons (Fsp3) is 0.136. The fourth-order valence-electron chi connectivity index (χ4n) is 2.95. The zero-order chi connectivity index (χ0) is 16.1. The van der Waals surface area contributed by atoms with Crippen LogP contribution in [0.4, 0.5) is 0 Å². The smallest absolute Gasteiger partial charge is 0.000401 e. The molecule has 0 saturated heterocycles. The molecule has 23 heavy (non-hydrogen) atoms. The SMILES string of the molecule is C=P(Cc1ccc(CC)cc1)(c1ccccc1)c1ccccc1. The molecule has 0 fully saturated rings. The molecule has 0 radical (unpaired) electrons. The summed E-state index contributed by atoms with van der Waals surface area (Å²) < 4.78 is 0. The predicted octanol–water partition coefficient (Wildman–Crippen LogP) is 4.85. The van der Waals surface area contributed by atoms with E-state index < -0.39 is 6.89 Å². The van der Waals surface area contributed by atoms with Gasteiger partial charge in [0, 0.05) is 0 Å². The Morgan fingerprint density at radius 2 is 1.09 bits per heavy atom. The van der Waals surface area contributed by atoms with Gasteiger partial charge < -0.3 is 0 Å². The van der Waals surface area contributed by atoms with Crippen molar-refractivity contribution in [3.63, 3.8) is 0 Å². The Labute approximate surface area is 139 Å². The first-order valence-corrected chi connectivity index (χ1v) is 10.3. The van der Waals surface area contributed by atoms with Gasteiger partial charge in [-0.05, 0) is 34.3 Å². The van der Waals surface area contributed by atoms with Crippen LogP contribution < -0.4 is 10.6 Å². The van der Waals surface area contributed by atoms with Gasteiger partial charge in [0.1, 0.15) is 0 Å². The van der Waals surface area contributed by atoms with E-state index in [0.717, 1.165) is 12.6 Å². The second kappa shape index (κ2) is 7.02. The minimum Gasteiger partial charge on any atom is -0.0923 e. The zero-order valence-electron chi connectivity index (χ0n) is 13.7. The van der Waals surface area contributed by atoms with Crippen LogP contribution in [0.15, 0.2) is 84.9 Å². The predicted molar refractivity (Wildman–Crippen MR) is 106 cm³/mol. The van der Waals surface area contributed by atoms with Crippen molar-refractivity contribution in [2.45, 2.75) is 19.5 Å². The fourth-order valence-corrected chi connectivity index (χ4v) is 5.93. The molecule has 0 N–H and O–H groups in total. The highest BCUT2D eigenvalue weighted by molar-refractivity contribution is 7.86. The highest BCUT2D eigenvalue weighted by Crippen LogP contribution is 2.46. The summed E-state index contributed by atoms with van der Waals surface area (Å²) in [4.78, 5) is 0. The normalized spacial score (nSPS) is 11.3. The maximum atomic E-state index is 4.76. The molecular formula is C22H23P. The van der Waals surface area contributed by atoms with Crippen molar-refractivity contribution in [2.75, 3.05) is 0 Å². The van der Waals surface area contributed by atoms with Crippen LogP contribution in [0.3, 0.4) is 0 Å². The average Bonchev–Trinajstić information content (AvgIpc) is 2.64. The van der Waals surface area contributed by atoms with E-state index in [1.54, 1.807) is 0 Å². The van der Waals surface area contributed by atoms with Gasteiger partial charge in [0.2, 0.25) is 0 Å². The van der Waals surface area contributed by atoms with Gasteiger partial charge in [-0.15, -0.1) is 0 Å². The van der Waals surface area contributed by atoms with Crippen LogP contribution in [0.5, 0.6) is 0 Å². The summed E-state index contributed by atoms with van der Waals surface area (Å²) in [6, 6.07) is 30.6. The van der Waals surface area contributed by atoms with Crippen LogP contribution in [0.25, 0.3) is 0 Å². The van der Waals surface area contributed by atoms with Crippen LogP contribution in [0.1, 0.15) is 18.1 Å². The van der Waals surface area contributed by atoms with Crippen LogP contribution in [-0.4, -0.2) is 6.30 Å². The van der Waals surface area contributed by atoms with Crippen molar-refractivity contribution >= 4 is 23.8 Å². The largest absolute Gasteiger partial charge is 0.0923 e. The monoisotopic (exact) mass is 318 g/mol. The van der Waals surface area contributed by atoms with Gasteiger partial charge in [0.25, 0.3) is 0 Å². The molecule has 3 rings (SSSR count). The van der Waals surface area contributed by atoms with Crippen molar-refractivity contribution in [1.82, 2.24) is 0 Å². The molecule has 3 aromatic rings. The third kappa shape index (κ3) is 3.49. The van der Waals surface area contributed by atoms with Crippen LogP contribution >= 0.6 is 6.89 Å². The van der Waals surface area contributed by atoms with Gasteiger partial charge in [-0.25, -0.2) is 0 Å². The molecule has 0 aliphatic heterocycles. The molecule has 0 bridgehead atoms. The lowest BCUT2D eigenvalue weighted by atomic mass is 10.1. The first-order valence-electron chi connectivity index (χ1n) is 8.14. The van der Waals surface area contributed by atoms with Crippen LogP contribution in [0, 0.1) is 0 Å². The Hall–Kier alpha value is -2.04. The van der Waals surface area contributed by atoms with Gasteiger partial charge in [-0.2, -0.15) is 0 Å². The molecular weight excluding hydrogens is 295 g/mol. The Kier molecular flexibility index (Phi) is 4.84. The lowest BCUT2D eigenvalue weighted by Gasteiger charge is -2.26. The minimum absolute atomic E-state index is 1.00. The Morgan fingerprint density at radius 1 is 0.652 bits per heavy atom. The van der Waals surface area contributed by atoms with Gasteiger partial charge in [0.15, 0.2) is 0 Å². The molecule has 0 aliphatic carbocycles. The summed E-state index contributed by atoms with van der Waals surface area (Å²) >= 11 is 0. The van der Waals surface area contributed by atoms with E-state index in [1.807, 2.05) is 0 Å². The van der Waals surface area contributed by atoms with Crippen molar-refractivity contribution in [3.05, 3.63) is 96.1 Å². The standard InChI is InChI=1S/C22H23P/c1-3-19-14-16-20(17-15-19)18-23(2,21-10-6-4-7-11-21)22-12-8-5-9-13-22/h4-17H,2-3,18H2,1H3. The molecule has 0 heterocycles. The third-order valence-corrected chi connectivity index (χ3v) is 7.86. The van der Waals surface area contributed by atoms with E-state index in [-0.39, 0.29) is 0 Å². The molecule has 116 valence electrons. The molecule has 0 aliphatic rings. The topological polar surface area (TPSA) is 0 Å². The number of hydrogen-bond donors (Lipinski definition) is 0. The summed E-state index contributed by atoms with van der Waals surface area (Å²) in [6.45, 7) is 0.526. The van der Waals surface area contributed by atoms with Gasteiger partial charge in [-0.3, -0.25) is 0 Å². The number of hydrogen-bond acceptors (Lipinski definition) is 0. The number of rotatable bonds is 5. The summed E-state index contributed by atoms with van der Waals surface area (Å²) in [5.41, 5.74) is 2.76. The molecule has 0 nitrogen and oxygen atoms in total. The lowest BCUT2D eigenvalue weighted by Crippen LogP contribution is -2.17. The Bertz CT molecular complexity index is 743. The third-order valence-electron chi connectivity index (χ3n) is 4.38. The van der Waals surface area contributed by atoms with E-state index in [1.165, 1.54) is 21.7 Å². The van der Waals surface area contributed by atoms with Crippen molar-refractivity contribution in [2.24, 2.45) is 0 Å². The Morgan fingerprint density at radius 3 is 1.52 bits per heavy atom. The van der Waals surface area contributed by atoms with E-state index in [4.69, 9.17) is 6.30 Å². The second-order valence-corrected chi connectivity index (χ2v) is 9.25. The molecule has 0 amide bonds. The summed E-state index contributed by atoms with van der Waals surface area (Å²) in [5.74, 6) is 0. The minimum atomic E-state index is -1.67. The first kappa shape index (κ1) is 15.8. The van der Waals surface area contributed by atoms with Crippen LogP contribution in [-0.2, 0) is 12.6 Å². The van der Waals surface area contributed by atoms with Crippen molar-refractivity contribution in [1.29, 1.82) is 0 Å². The summed E-state index contributed by atoms with van der Waals surface area (Å²) in [6.07, 6.45) is 6.85. The molecule has 0 unspecified atom stereocenters. The molecule has 3 aromatic carbocycles. The number of aryl methyl sites for hydroxylation is 1. The molecule has 1 heteroatoms. The molecule has 0 atom stereocenters. The molecule has 0 saturated carbocycles. The number of benzene rings is 3. The van der Waals surface area contributed by atoms with E-state index >= 15 is 0 Å². The highest BCUT2D eigenvalue weighted by Gasteiger charge is 2.19. The highest BCUT2D eigenvalue weighted by atomic mass is 31.2. The van der Waals surface area contributed by atoms with E-state index in [0.29, 0.717) is 0 Å². The quantitative estimate of drug-likeness (QED) is 0.590. The van der Waals surface area contributed by atoms with Gasteiger partial charge in [0.05, 0.1) is 0 Å². The second-order valence-electron chi connectivity index (χ2n) is 5.97. The summed E-state index contributed by atoms with van der Waals surface area (Å²) in [7, 11) is 0. The van der Waals surface area contributed by atoms with Crippen molar-refractivity contribution in [3.8, 4) is 0 Å². The maximum Gasteiger partial charge on any atom is -0.000401 e. The first-order chi connectivity index (χ1) is 11.2. The van der Waals surface area contributed by atoms with Crippen LogP contribution in [0.2, 0.25) is 0 Å². The molecule has 0 spiro atoms. The van der Waals surface area contributed by atoms with E-state index in [2.05, 4.69) is 91.9 Å². The zero-order valence-corrected chi connectivity index (χ0v) is 14.5. The maximum absolute atomic E-state index is 4.76.